The van der Waals surface area contributed by atoms with Crippen molar-refractivity contribution in [1.29, 1.82) is 0 Å². The minimum Gasteiger partial charge on any atom is -0.316 e. The molecule has 0 aromatic heterocycles. The fraction of sp³-hybridized carbons (Fsp3) is 0.778. The summed E-state index contributed by atoms with van der Waals surface area (Å²) in [6.07, 6.45) is 19.1. The van der Waals surface area contributed by atoms with Crippen molar-refractivity contribution < 1.29 is 0 Å². The molecule has 0 saturated carbocycles. The summed E-state index contributed by atoms with van der Waals surface area (Å²) in [7, 11) is 0. The molecular formula is C18H32N. The maximum Gasteiger partial charge on any atom is 0.00756 e. The van der Waals surface area contributed by atoms with Crippen LogP contribution in [0.5, 0.6) is 0 Å². The number of rotatable bonds is 10. The molecule has 0 fully saturated rings. The Hall–Kier alpha value is -0.560. The third-order valence-electron chi connectivity index (χ3n) is 4.44. The van der Waals surface area contributed by atoms with Crippen LogP contribution in [-0.2, 0) is 0 Å². The average molecular weight is 262 g/mol. The lowest BCUT2D eigenvalue weighted by atomic mass is 9.70. The second kappa shape index (κ2) is 9.36. The van der Waals surface area contributed by atoms with Gasteiger partial charge >= 0.3 is 0 Å². The smallest absolute Gasteiger partial charge is 0.00756 e. The van der Waals surface area contributed by atoms with Gasteiger partial charge in [0.15, 0.2) is 0 Å². The average Bonchev–Trinajstić information content (AvgIpc) is 2.44. The summed E-state index contributed by atoms with van der Waals surface area (Å²) in [5.74, 6) is 0.734. The van der Waals surface area contributed by atoms with Crippen LogP contribution in [0.3, 0.4) is 0 Å². The Kier molecular flexibility index (Phi) is 8.13. The Morgan fingerprint density at radius 3 is 2.68 bits per heavy atom. The van der Waals surface area contributed by atoms with Gasteiger partial charge in [0, 0.05) is 12.0 Å². The molecule has 0 saturated heterocycles. The van der Waals surface area contributed by atoms with E-state index in [1.165, 1.54) is 38.5 Å². The zero-order chi connectivity index (χ0) is 14.0. The Bertz CT molecular complexity index is 279. The van der Waals surface area contributed by atoms with Gasteiger partial charge in [-0.15, -0.1) is 0 Å². The molecule has 0 aromatic carbocycles. The normalized spacial score (nSPS) is 23.7. The number of nitrogens with one attached hydrogen (secondary N) is 1. The minimum absolute atomic E-state index is 0.301. The van der Waals surface area contributed by atoms with Crippen LogP contribution in [-0.4, -0.2) is 13.1 Å². The Morgan fingerprint density at radius 2 is 2.05 bits per heavy atom. The third-order valence-corrected chi connectivity index (χ3v) is 4.44. The molecule has 0 bridgehead atoms. The van der Waals surface area contributed by atoms with Crippen molar-refractivity contribution in [2.45, 2.75) is 65.7 Å². The fourth-order valence-corrected chi connectivity index (χ4v) is 2.97. The lowest BCUT2D eigenvalue weighted by Gasteiger charge is -2.37. The molecule has 1 N–H and O–H groups in total. The first-order chi connectivity index (χ1) is 9.25. The molecule has 1 nitrogen and oxygen atoms in total. The van der Waals surface area contributed by atoms with E-state index < -0.39 is 0 Å². The molecular weight excluding hydrogens is 230 g/mol. The Labute approximate surface area is 120 Å². The molecule has 0 aromatic rings. The van der Waals surface area contributed by atoms with Crippen molar-refractivity contribution in [3.05, 3.63) is 24.3 Å². The summed E-state index contributed by atoms with van der Waals surface area (Å²) in [5, 5.41) is 3.69. The lowest BCUT2D eigenvalue weighted by Crippen LogP contribution is -2.39. The molecule has 0 heterocycles. The van der Waals surface area contributed by atoms with Crippen molar-refractivity contribution in [1.82, 2.24) is 5.32 Å². The molecule has 0 aliphatic heterocycles. The van der Waals surface area contributed by atoms with E-state index in [-0.39, 0.29) is 0 Å². The van der Waals surface area contributed by atoms with Crippen molar-refractivity contribution >= 4 is 0 Å². The van der Waals surface area contributed by atoms with Crippen molar-refractivity contribution in [3.63, 3.8) is 0 Å². The Balaban J connectivity index is 2.38. The van der Waals surface area contributed by atoms with Crippen LogP contribution in [0.2, 0.25) is 0 Å². The van der Waals surface area contributed by atoms with Gasteiger partial charge in [-0.1, -0.05) is 71.1 Å². The molecule has 109 valence electrons. The van der Waals surface area contributed by atoms with E-state index in [0.29, 0.717) is 5.41 Å². The van der Waals surface area contributed by atoms with E-state index in [1.807, 2.05) is 0 Å². The van der Waals surface area contributed by atoms with Crippen LogP contribution in [0, 0.1) is 17.4 Å². The molecule has 1 rings (SSSR count). The number of hydrogen-bond donors (Lipinski definition) is 1. The highest BCUT2D eigenvalue weighted by Gasteiger charge is 2.32. The van der Waals surface area contributed by atoms with Crippen LogP contribution in [0.15, 0.2) is 18.2 Å². The summed E-state index contributed by atoms with van der Waals surface area (Å²) in [6.45, 7) is 9.23. The predicted octanol–water partition coefficient (Wildman–Crippen LogP) is 4.90. The van der Waals surface area contributed by atoms with E-state index >= 15 is 0 Å². The first-order valence-electron chi connectivity index (χ1n) is 8.20. The molecule has 1 aliphatic carbocycles. The Morgan fingerprint density at radius 1 is 1.21 bits per heavy atom. The molecule has 1 aliphatic rings. The third kappa shape index (κ3) is 5.52. The monoisotopic (exact) mass is 262 g/mol. The highest BCUT2D eigenvalue weighted by atomic mass is 14.9. The molecule has 1 heteroatoms. The largest absolute Gasteiger partial charge is 0.316 e. The van der Waals surface area contributed by atoms with Gasteiger partial charge in [0.1, 0.15) is 0 Å². The highest BCUT2D eigenvalue weighted by molar-refractivity contribution is 5.15. The first kappa shape index (κ1) is 16.5. The van der Waals surface area contributed by atoms with Crippen LogP contribution in [0.1, 0.15) is 65.7 Å². The molecule has 19 heavy (non-hydrogen) atoms. The predicted molar refractivity (Wildman–Crippen MR) is 85.1 cm³/mol. The van der Waals surface area contributed by atoms with E-state index in [9.17, 15) is 0 Å². The zero-order valence-electron chi connectivity index (χ0n) is 13.2. The quantitative estimate of drug-likeness (QED) is 0.552. The van der Waals surface area contributed by atoms with Crippen LogP contribution in [0.25, 0.3) is 0 Å². The molecule has 0 spiro atoms. The fourth-order valence-electron chi connectivity index (χ4n) is 2.97. The highest BCUT2D eigenvalue weighted by Crippen LogP contribution is 2.37. The van der Waals surface area contributed by atoms with E-state index in [0.717, 1.165) is 25.4 Å². The SMILES string of the molecule is CCCCCCNCC1(C(C)CCC)C=CC=[C]C1. The summed E-state index contributed by atoms with van der Waals surface area (Å²) < 4.78 is 0. The molecule has 0 amide bonds. The molecule has 2 atom stereocenters. The van der Waals surface area contributed by atoms with Gasteiger partial charge in [0.25, 0.3) is 0 Å². The summed E-state index contributed by atoms with van der Waals surface area (Å²) in [4.78, 5) is 0. The van der Waals surface area contributed by atoms with Gasteiger partial charge in [-0.05, 0) is 31.4 Å². The molecule has 2 unspecified atom stereocenters. The van der Waals surface area contributed by atoms with Gasteiger partial charge in [-0.3, -0.25) is 0 Å². The van der Waals surface area contributed by atoms with Gasteiger partial charge < -0.3 is 5.32 Å². The topological polar surface area (TPSA) is 12.0 Å². The zero-order valence-corrected chi connectivity index (χ0v) is 13.2. The number of unbranched alkanes of at least 4 members (excludes halogenated alkanes) is 3. The van der Waals surface area contributed by atoms with Crippen molar-refractivity contribution in [2.75, 3.05) is 13.1 Å². The van der Waals surface area contributed by atoms with Crippen LogP contribution in [0.4, 0.5) is 0 Å². The molecule has 1 radical (unpaired) electrons. The van der Waals surface area contributed by atoms with Crippen LogP contribution >= 0.6 is 0 Å². The van der Waals surface area contributed by atoms with Gasteiger partial charge in [0.2, 0.25) is 0 Å². The first-order valence-corrected chi connectivity index (χ1v) is 8.20. The van der Waals surface area contributed by atoms with E-state index in [2.05, 4.69) is 50.4 Å². The maximum atomic E-state index is 3.69. The number of hydrogen-bond acceptors (Lipinski definition) is 1. The minimum atomic E-state index is 0.301. The van der Waals surface area contributed by atoms with Crippen molar-refractivity contribution in [2.24, 2.45) is 11.3 Å². The second-order valence-electron chi connectivity index (χ2n) is 6.07. The van der Waals surface area contributed by atoms with Gasteiger partial charge in [-0.2, -0.15) is 0 Å². The summed E-state index contributed by atoms with van der Waals surface area (Å²) in [5.41, 5.74) is 0.301. The van der Waals surface area contributed by atoms with Crippen molar-refractivity contribution in [3.8, 4) is 0 Å². The second-order valence-corrected chi connectivity index (χ2v) is 6.07. The van der Waals surface area contributed by atoms with Gasteiger partial charge in [-0.25, -0.2) is 0 Å². The van der Waals surface area contributed by atoms with E-state index in [1.54, 1.807) is 0 Å². The van der Waals surface area contributed by atoms with E-state index in [4.69, 9.17) is 0 Å². The maximum absolute atomic E-state index is 3.69. The lowest BCUT2D eigenvalue weighted by molar-refractivity contribution is 0.219. The standard InChI is InChI=1S/C18H32N/c1-4-6-7-11-15-19-16-18(17(3)12-5-2)13-9-8-10-14-18/h8-9,13,17,19H,4-7,11-12,14-16H2,1-3H3. The number of allylic oxidation sites excluding steroid dienone is 3. The van der Waals surface area contributed by atoms with Crippen LogP contribution < -0.4 is 5.32 Å². The van der Waals surface area contributed by atoms with Gasteiger partial charge in [0.05, 0.1) is 0 Å². The summed E-state index contributed by atoms with van der Waals surface area (Å²) >= 11 is 0. The summed E-state index contributed by atoms with van der Waals surface area (Å²) in [6, 6.07) is 0.